The van der Waals surface area contributed by atoms with Crippen LogP contribution in [-0.2, 0) is 47.9 Å². The molecule has 0 aromatic heterocycles. The molecule has 0 aromatic rings. The van der Waals surface area contributed by atoms with Crippen LogP contribution in [0.1, 0.15) is 128 Å². The second-order valence-electron chi connectivity index (χ2n) is 22.1. The Balaban J connectivity index is 7.61. The number of carbonyl (C=O) groups excluding carboxylic acids is 10. The Morgan fingerprint density at radius 3 is 0.814 bits per heavy atom. The van der Waals surface area contributed by atoms with E-state index in [-0.39, 0.29) is 172 Å². The first-order valence-electron chi connectivity index (χ1n) is 31.5. The molecule has 0 aliphatic heterocycles. The summed E-state index contributed by atoms with van der Waals surface area (Å²) < 4.78 is 0. The van der Waals surface area contributed by atoms with Gasteiger partial charge in [0.05, 0.1) is 6.04 Å². The van der Waals surface area contributed by atoms with Gasteiger partial charge in [-0.05, 0) is 135 Å². The molecule has 0 spiro atoms. The number of primary amides is 2. The van der Waals surface area contributed by atoms with Crippen molar-refractivity contribution in [2.75, 3.05) is 52.4 Å². The number of rotatable bonds is 53. The van der Waals surface area contributed by atoms with Crippen LogP contribution in [0.25, 0.3) is 0 Å². The van der Waals surface area contributed by atoms with Crippen molar-refractivity contribution in [3.05, 3.63) is 10.1 Å². The first kappa shape index (κ1) is 86.6. The largest absolute Gasteiger partial charge is 0.370 e. The van der Waals surface area contributed by atoms with Crippen molar-refractivity contribution in [3.8, 4) is 0 Å². The Morgan fingerprint density at radius 1 is 0.320 bits per heavy atom. The molecule has 550 valence electrons. The van der Waals surface area contributed by atoms with E-state index < -0.39 is 137 Å². The summed E-state index contributed by atoms with van der Waals surface area (Å²) in [5, 5.41) is 30.7. The molecule has 0 rings (SSSR count). The fourth-order valence-electron chi connectivity index (χ4n) is 8.91. The summed E-state index contributed by atoms with van der Waals surface area (Å²) in [6, 6.07) is -13.0. The number of hydrogen-bond acceptors (Lipinski definition) is 21. The van der Waals surface area contributed by atoms with Gasteiger partial charge in [0.1, 0.15) is 48.3 Å². The summed E-state index contributed by atoms with van der Waals surface area (Å²) in [5.74, 6) is -11.2. The fourth-order valence-corrected chi connectivity index (χ4v) is 8.91. The third-order valence-corrected chi connectivity index (χ3v) is 13.9. The van der Waals surface area contributed by atoms with Gasteiger partial charge in [0.2, 0.25) is 59.1 Å². The Morgan fingerprint density at radius 2 is 0.557 bits per heavy atom. The van der Waals surface area contributed by atoms with Gasteiger partial charge in [-0.3, -0.25) is 72.9 Å². The Kier molecular flexibility index (Phi) is 44.7. The minimum absolute atomic E-state index is 0.0140. The van der Waals surface area contributed by atoms with Gasteiger partial charge in [-0.25, -0.2) is 15.1 Å². The van der Waals surface area contributed by atoms with Crippen LogP contribution in [0.5, 0.6) is 0 Å². The summed E-state index contributed by atoms with van der Waals surface area (Å²) in [6.45, 7) is 0.238. The molecule has 10 amide bonds. The molecule has 41 N–H and O–H groups in total. The van der Waals surface area contributed by atoms with E-state index in [9.17, 15) is 58.1 Å². The number of guanidine groups is 6. The van der Waals surface area contributed by atoms with Gasteiger partial charge in [0, 0.05) is 45.7 Å². The van der Waals surface area contributed by atoms with Crippen LogP contribution < -0.4 is 140 Å². The molecular weight excluding hydrogens is 1280 g/mol. The van der Waals surface area contributed by atoms with Gasteiger partial charge in [0.15, 0.2) is 34.8 Å². The molecule has 0 unspecified atom stereocenters. The number of hydrazine groups is 1. The van der Waals surface area contributed by atoms with Crippen LogP contribution in [0, 0.1) is 10.1 Å². The van der Waals surface area contributed by atoms with Crippen LogP contribution >= 0.6 is 0 Å². The monoisotopic (exact) mass is 1380 g/mol. The Bertz CT molecular complexity index is 2690. The predicted octanol–water partition coefficient (Wildman–Crippen LogP) is -11.7. The van der Waals surface area contributed by atoms with Crippen molar-refractivity contribution in [2.45, 2.75) is 183 Å². The molecule has 97 heavy (non-hydrogen) atoms. The lowest BCUT2D eigenvalue weighted by Crippen LogP contribution is -2.60. The molecule has 44 heteroatoms. The number of carbonyl (C=O) groups is 10. The number of nitro groups is 1. The lowest BCUT2D eigenvalue weighted by Gasteiger charge is -2.28. The van der Waals surface area contributed by atoms with Gasteiger partial charge in [-0.2, -0.15) is 0 Å². The zero-order valence-electron chi connectivity index (χ0n) is 54.8. The molecule has 0 aliphatic carbocycles. The second-order valence-corrected chi connectivity index (χ2v) is 22.1. The van der Waals surface area contributed by atoms with E-state index in [1.807, 2.05) is 0 Å². The summed E-state index contributed by atoms with van der Waals surface area (Å²) in [7, 11) is 0. The van der Waals surface area contributed by atoms with Crippen molar-refractivity contribution < 1.29 is 53.0 Å². The van der Waals surface area contributed by atoms with Gasteiger partial charge in [0.25, 0.3) is 5.96 Å². The average Bonchev–Trinajstić information content (AvgIpc) is 0.974. The third kappa shape index (κ3) is 42.5. The predicted molar refractivity (Wildman–Crippen MR) is 362 cm³/mol. The summed E-state index contributed by atoms with van der Waals surface area (Å²) in [4.78, 5) is 173. The normalized spacial score (nSPS) is 13.7. The topological polar surface area (TPSA) is 813 Å². The van der Waals surface area contributed by atoms with E-state index in [0.717, 1.165) is 0 Å². The van der Waals surface area contributed by atoms with Crippen LogP contribution in [0.2, 0.25) is 0 Å². The van der Waals surface area contributed by atoms with Crippen LogP contribution in [-0.4, -0.2) is 207 Å². The third-order valence-electron chi connectivity index (χ3n) is 13.9. The van der Waals surface area contributed by atoms with Crippen molar-refractivity contribution in [3.63, 3.8) is 0 Å². The molecule has 0 saturated carbocycles. The zero-order valence-corrected chi connectivity index (χ0v) is 54.8. The number of unbranched alkanes of at least 4 members (excludes halogenated alkanes) is 2. The second kappa shape index (κ2) is 50.1. The maximum atomic E-state index is 14.7. The smallest absolute Gasteiger partial charge is 0.251 e. The van der Waals surface area contributed by atoms with E-state index in [1.165, 1.54) is 0 Å². The van der Waals surface area contributed by atoms with Crippen LogP contribution in [0.15, 0.2) is 30.0 Å². The van der Waals surface area contributed by atoms with Crippen molar-refractivity contribution >= 4 is 94.8 Å². The number of nitrogens with one attached hydrogen (secondary N) is 9. The van der Waals surface area contributed by atoms with Crippen molar-refractivity contribution in [1.29, 1.82) is 0 Å². The number of aliphatic imine (C=N–C) groups is 6. The average molecular weight is 1380 g/mol. The van der Waals surface area contributed by atoms with E-state index in [2.05, 4.69) is 72.5 Å². The molecule has 0 bridgehead atoms. The Labute approximate surface area is 561 Å². The highest BCUT2D eigenvalue weighted by Crippen LogP contribution is 2.12. The summed E-state index contributed by atoms with van der Waals surface area (Å²) in [5.41, 5.74) is 90.9. The standard InChI is InChI=1S/C53H106N32O12/c54-21-3-1-12-31(77-40(88)29(56)11-5-23-70-48(59)60)42(90)78-32(13-2-4-22-55)43(91)80-36(18-10-28-75-53(69)84-85(96)97)45(93)81-35(17-9-27-74-52(67)68)46(94)83-37(19-20-38(57)86)47(95)82-34(16-8-26-73-51(65)66)44(92)79-33(15-7-25-72-50(63)64)41(89)76-30(39(58)87)14-6-24-71-49(61)62/h29-37H,1-28,54-56H2,(H2,57,86)(H2,58,87)(H,76,89)(H,77,88)(H,78,90)(H,79,92)(H,80,91)(H,81,93)(H,82,95)(H,83,94)(H4,59,60,70)(H4,61,62,71)(H4,63,64,72)(H4,65,66,73)(H4,67,68,74)(H3,69,75,84)/t29-,30-,31-,32-,33-,34-,35-,36-,37-/m0/s1. The van der Waals surface area contributed by atoms with Gasteiger partial charge in [-0.1, -0.05) is 5.43 Å². The first-order valence-corrected chi connectivity index (χ1v) is 31.5. The van der Waals surface area contributed by atoms with E-state index >= 15 is 0 Å². The molecule has 0 radical (unpaired) electrons. The van der Waals surface area contributed by atoms with Crippen molar-refractivity contribution in [1.82, 2.24) is 48.0 Å². The molecule has 0 aromatic carbocycles. The van der Waals surface area contributed by atoms with Crippen LogP contribution in [0.4, 0.5) is 0 Å². The molecule has 0 heterocycles. The Hall–Kier alpha value is -10.4. The number of hydrogen-bond donors (Lipinski definition) is 25. The fraction of sp³-hybridized carbons (Fsp3) is 0.698. The zero-order chi connectivity index (χ0) is 73.4. The lowest BCUT2D eigenvalue weighted by molar-refractivity contribution is -0.525. The lowest BCUT2D eigenvalue weighted by atomic mass is 10.0. The molecular formula is C53H106N32O12. The van der Waals surface area contributed by atoms with Crippen LogP contribution in [0.3, 0.4) is 0 Å². The highest BCUT2D eigenvalue weighted by atomic mass is 16.7. The maximum absolute atomic E-state index is 14.7. The summed E-state index contributed by atoms with van der Waals surface area (Å²) >= 11 is 0. The summed E-state index contributed by atoms with van der Waals surface area (Å²) in [6.07, 6.45) is 0.0731. The van der Waals surface area contributed by atoms with Gasteiger partial charge < -0.3 is 134 Å². The van der Waals surface area contributed by atoms with Crippen molar-refractivity contribution in [2.24, 2.45) is 122 Å². The molecule has 0 fully saturated rings. The van der Waals surface area contributed by atoms with E-state index in [0.29, 0.717) is 25.7 Å². The number of nitrogens with two attached hydrogens (primary N) is 16. The minimum Gasteiger partial charge on any atom is -0.370 e. The van der Waals surface area contributed by atoms with E-state index in [4.69, 9.17) is 91.7 Å². The molecule has 0 saturated heterocycles. The molecule has 0 aliphatic rings. The SMILES string of the molecule is NCCCC[C@H](NC(=O)[C@H](CCCCN)NC(=O)[C@@H](N)CCCN=C(N)N)C(=O)N[C@@H](CCCN=C(N)N[N+](=O)[O-])C(=O)N[C@@H](CCCN=C(N)N)C(=O)N[C@@H](CCC(N)=O)C(=O)N[C@@H](CCCN=C(N)N)C(=O)N[C@@H](CCCN=C(N)N)C(=O)N[C@@H](CCCN=C(N)N)C(N)=O. The highest BCUT2D eigenvalue weighted by Gasteiger charge is 2.35. The van der Waals surface area contributed by atoms with Gasteiger partial charge in [-0.15, -0.1) is 0 Å². The quantitative estimate of drug-likeness (QED) is 0.00884. The molecule has 44 nitrogen and oxygen atoms in total. The van der Waals surface area contributed by atoms with E-state index in [1.54, 1.807) is 5.43 Å². The minimum atomic E-state index is -1.72. The number of amides is 10. The highest BCUT2D eigenvalue weighted by molar-refractivity contribution is 5.98. The molecule has 9 atom stereocenters. The maximum Gasteiger partial charge on any atom is 0.251 e. The van der Waals surface area contributed by atoms with Gasteiger partial charge >= 0.3 is 0 Å². The first-order chi connectivity index (χ1) is 45.8. The number of nitrogens with zero attached hydrogens (tertiary/aromatic N) is 7.